The number of para-hydroxylation sites is 1. The molecule has 0 saturated heterocycles. The van der Waals surface area contributed by atoms with Gasteiger partial charge in [0.05, 0.1) is 13.2 Å². The van der Waals surface area contributed by atoms with Crippen molar-refractivity contribution in [1.29, 1.82) is 0 Å². The van der Waals surface area contributed by atoms with Gasteiger partial charge in [-0.25, -0.2) is 0 Å². The van der Waals surface area contributed by atoms with Gasteiger partial charge in [0, 0.05) is 12.2 Å². The maximum atomic E-state index is 10.2. The Balaban J connectivity index is 1.85. The van der Waals surface area contributed by atoms with E-state index in [0.717, 1.165) is 23.5 Å². The average Bonchev–Trinajstić information content (AvgIpc) is 2.49. The molecule has 0 spiro atoms. The summed E-state index contributed by atoms with van der Waals surface area (Å²) in [6.45, 7) is 2.81. The van der Waals surface area contributed by atoms with Gasteiger partial charge in [-0.2, -0.15) is 0 Å². The Morgan fingerprint density at radius 3 is 2.45 bits per heavy atom. The molecule has 2 rings (SSSR count). The Hall–Kier alpha value is -2.00. The fourth-order valence-corrected chi connectivity index (χ4v) is 2.11. The number of ether oxygens (including phenoxy) is 1. The number of benzene rings is 2. The molecular weight excluding hydrogens is 250 g/mol. The Bertz CT molecular complexity index is 537. The first-order valence-electron chi connectivity index (χ1n) is 6.82. The van der Waals surface area contributed by atoms with E-state index in [4.69, 9.17) is 4.74 Å². The lowest BCUT2D eigenvalue weighted by molar-refractivity contribution is 0.171. The summed E-state index contributed by atoms with van der Waals surface area (Å²) in [6, 6.07) is 15.7. The molecule has 0 aliphatic heterocycles. The van der Waals surface area contributed by atoms with E-state index in [1.54, 1.807) is 7.11 Å². The minimum absolute atomic E-state index is 0.461. The van der Waals surface area contributed by atoms with Crippen LogP contribution in [0.1, 0.15) is 23.7 Å². The van der Waals surface area contributed by atoms with Gasteiger partial charge >= 0.3 is 0 Å². The molecule has 2 aromatic rings. The van der Waals surface area contributed by atoms with Gasteiger partial charge in [0.15, 0.2) is 0 Å². The topological polar surface area (TPSA) is 41.5 Å². The van der Waals surface area contributed by atoms with E-state index in [-0.39, 0.29) is 0 Å². The molecule has 2 N–H and O–H groups in total. The summed E-state index contributed by atoms with van der Waals surface area (Å²) < 4.78 is 5.11. The molecule has 0 saturated carbocycles. The molecule has 0 amide bonds. The van der Waals surface area contributed by atoms with Gasteiger partial charge < -0.3 is 15.2 Å². The molecule has 106 valence electrons. The minimum atomic E-state index is -0.461. The van der Waals surface area contributed by atoms with Crippen molar-refractivity contribution in [2.45, 2.75) is 19.4 Å². The number of nitrogens with one attached hydrogen (secondary N) is 1. The van der Waals surface area contributed by atoms with Crippen LogP contribution in [0, 0.1) is 6.92 Å². The van der Waals surface area contributed by atoms with Crippen molar-refractivity contribution in [2.24, 2.45) is 0 Å². The average molecular weight is 271 g/mol. The largest absolute Gasteiger partial charge is 0.497 e. The van der Waals surface area contributed by atoms with Crippen LogP contribution in [0.5, 0.6) is 5.75 Å². The lowest BCUT2D eigenvalue weighted by Gasteiger charge is -2.14. The second kappa shape index (κ2) is 6.96. The van der Waals surface area contributed by atoms with Gasteiger partial charge in [-0.15, -0.1) is 0 Å². The fraction of sp³-hybridized carbons (Fsp3) is 0.294. The summed E-state index contributed by atoms with van der Waals surface area (Å²) in [4.78, 5) is 0. The number of anilines is 1. The first-order valence-corrected chi connectivity index (χ1v) is 6.82. The number of hydrogen-bond acceptors (Lipinski definition) is 3. The van der Waals surface area contributed by atoms with Crippen molar-refractivity contribution in [3.63, 3.8) is 0 Å². The molecule has 0 aliphatic rings. The van der Waals surface area contributed by atoms with Gasteiger partial charge in [0.25, 0.3) is 0 Å². The second-order valence-electron chi connectivity index (χ2n) is 4.82. The highest BCUT2D eigenvalue weighted by molar-refractivity contribution is 5.50. The molecule has 0 fully saturated rings. The van der Waals surface area contributed by atoms with E-state index in [1.807, 2.05) is 36.4 Å². The number of methoxy groups -OCH3 is 1. The van der Waals surface area contributed by atoms with Crippen molar-refractivity contribution < 1.29 is 9.84 Å². The van der Waals surface area contributed by atoms with Crippen LogP contribution < -0.4 is 10.1 Å². The van der Waals surface area contributed by atoms with Crippen LogP contribution in [0.3, 0.4) is 0 Å². The summed E-state index contributed by atoms with van der Waals surface area (Å²) in [7, 11) is 1.64. The van der Waals surface area contributed by atoms with Crippen molar-refractivity contribution in [3.05, 3.63) is 59.7 Å². The number of aliphatic hydroxyl groups excluding tert-OH is 1. The summed E-state index contributed by atoms with van der Waals surface area (Å²) in [6.07, 6.45) is 0.207. The number of rotatable bonds is 6. The molecule has 1 atom stereocenters. The fourth-order valence-electron chi connectivity index (χ4n) is 2.11. The summed E-state index contributed by atoms with van der Waals surface area (Å²) in [5, 5.41) is 13.5. The van der Waals surface area contributed by atoms with Crippen molar-refractivity contribution >= 4 is 5.69 Å². The zero-order valence-corrected chi connectivity index (χ0v) is 12.0. The van der Waals surface area contributed by atoms with Gasteiger partial charge in [-0.1, -0.05) is 30.3 Å². The monoisotopic (exact) mass is 271 g/mol. The van der Waals surface area contributed by atoms with E-state index in [2.05, 4.69) is 24.4 Å². The molecule has 3 heteroatoms. The Morgan fingerprint density at radius 2 is 1.80 bits per heavy atom. The van der Waals surface area contributed by atoms with E-state index in [1.165, 1.54) is 5.56 Å². The molecule has 2 aromatic carbocycles. The third kappa shape index (κ3) is 3.75. The molecular formula is C17H21NO2. The Morgan fingerprint density at radius 1 is 1.10 bits per heavy atom. The van der Waals surface area contributed by atoms with Crippen LogP contribution in [0.15, 0.2) is 48.5 Å². The summed E-state index contributed by atoms with van der Waals surface area (Å²) in [5.74, 6) is 0.805. The number of aliphatic hydroxyl groups is 1. The lowest BCUT2D eigenvalue weighted by atomic mass is 10.1. The van der Waals surface area contributed by atoms with E-state index < -0.39 is 6.10 Å². The lowest BCUT2D eigenvalue weighted by Crippen LogP contribution is -2.08. The van der Waals surface area contributed by atoms with Crippen LogP contribution in [-0.4, -0.2) is 18.8 Å². The highest BCUT2D eigenvalue weighted by Gasteiger charge is 2.07. The number of hydrogen-bond donors (Lipinski definition) is 2. The van der Waals surface area contributed by atoms with Gasteiger partial charge in [-0.3, -0.25) is 0 Å². The Labute approximate surface area is 120 Å². The van der Waals surface area contributed by atoms with Crippen molar-refractivity contribution in [3.8, 4) is 5.75 Å². The van der Waals surface area contributed by atoms with Gasteiger partial charge in [0.2, 0.25) is 0 Å². The van der Waals surface area contributed by atoms with Crippen LogP contribution in [0.4, 0.5) is 5.69 Å². The molecule has 0 aromatic heterocycles. The predicted octanol–water partition coefficient (Wildman–Crippen LogP) is 3.54. The summed E-state index contributed by atoms with van der Waals surface area (Å²) >= 11 is 0. The van der Waals surface area contributed by atoms with Crippen LogP contribution in [0.25, 0.3) is 0 Å². The highest BCUT2D eigenvalue weighted by Crippen LogP contribution is 2.20. The molecule has 0 aliphatic carbocycles. The quantitative estimate of drug-likeness (QED) is 0.844. The van der Waals surface area contributed by atoms with Gasteiger partial charge in [0.1, 0.15) is 5.75 Å². The van der Waals surface area contributed by atoms with Crippen molar-refractivity contribution in [1.82, 2.24) is 0 Å². The SMILES string of the molecule is COc1ccc(C(O)CCNc2ccccc2C)cc1. The second-order valence-corrected chi connectivity index (χ2v) is 4.82. The molecule has 20 heavy (non-hydrogen) atoms. The standard InChI is InChI=1S/C17H21NO2/c1-13-5-3-4-6-16(13)18-12-11-17(19)14-7-9-15(20-2)10-8-14/h3-10,17-19H,11-12H2,1-2H3. The zero-order valence-electron chi connectivity index (χ0n) is 12.0. The summed E-state index contributed by atoms with van der Waals surface area (Å²) in [5.41, 5.74) is 3.25. The molecule has 1 unspecified atom stereocenters. The molecule has 0 bridgehead atoms. The predicted molar refractivity (Wildman–Crippen MR) is 82.2 cm³/mol. The Kier molecular flexibility index (Phi) is 5.02. The highest BCUT2D eigenvalue weighted by atomic mass is 16.5. The van der Waals surface area contributed by atoms with Gasteiger partial charge in [-0.05, 0) is 42.7 Å². The number of aryl methyl sites for hydroxylation is 1. The zero-order chi connectivity index (χ0) is 14.4. The molecule has 0 heterocycles. The van der Waals surface area contributed by atoms with Crippen LogP contribution in [0.2, 0.25) is 0 Å². The van der Waals surface area contributed by atoms with E-state index >= 15 is 0 Å². The maximum Gasteiger partial charge on any atom is 0.118 e. The smallest absolute Gasteiger partial charge is 0.118 e. The first-order chi connectivity index (χ1) is 9.70. The normalized spacial score (nSPS) is 11.9. The van der Waals surface area contributed by atoms with E-state index in [9.17, 15) is 5.11 Å². The molecule has 0 radical (unpaired) electrons. The molecule has 3 nitrogen and oxygen atoms in total. The third-order valence-electron chi connectivity index (χ3n) is 3.38. The maximum absolute atomic E-state index is 10.2. The van der Waals surface area contributed by atoms with Crippen molar-refractivity contribution in [2.75, 3.05) is 19.0 Å². The van der Waals surface area contributed by atoms with Crippen LogP contribution >= 0.6 is 0 Å². The van der Waals surface area contributed by atoms with Crippen LogP contribution in [-0.2, 0) is 0 Å². The first kappa shape index (κ1) is 14.4. The minimum Gasteiger partial charge on any atom is -0.497 e. The van der Waals surface area contributed by atoms with E-state index in [0.29, 0.717) is 6.42 Å². The third-order valence-corrected chi connectivity index (χ3v) is 3.38.